The molecule has 0 fully saturated rings. The second-order valence-electron chi connectivity index (χ2n) is 5.82. The fourth-order valence-electron chi connectivity index (χ4n) is 2.15. The largest absolute Gasteiger partial charge is 0.462 e. The van der Waals surface area contributed by atoms with Crippen LogP contribution in [0.4, 0.5) is 5.69 Å². The average molecular weight is 357 g/mol. The van der Waals surface area contributed by atoms with Crippen LogP contribution in [-0.2, 0) is 9.53 Å². The Kier molecular flexibility index (Phi) is 10.2. The number of rotatable bonds is 11. The number of esters is 1. The molecule has 0 aromatic heterocycles. The third kappa shape index (κ3) is 7.39. The Morgan fingerprint density at radius 3 is 2.58 bits per heavy atom. The molecule has 1 amide bonds. The molecule has 0 aliphatic rings. The van der Waals surface area contributed by atoms with Crippen molar-refractivity contribution in [2.24, 2.45) is 0 Å². The van der Waals surface area contributed by atoms with Gasteiger partial charge in [-0.05, 0) is 25.0 Å². The quantitative estimate of drug-likeness (QED) is 0.272. The van der Waals surface area contributed by atoms with Crippen LogP contribution in [0.2, 0.25) is 0 Å². The Morgan fingerprint density at radius 2 is 1.88 bits per heavy atom. The van der Waals surface area contributed by atoms with Crippen LogP contribution in [0.15, 0.2) is 36.0 Å². The van der Waals surface area contributed by atoms with Crippen LogP contribution in [0, 0.1) is 11.3 Å². The maximum absolute atomic E-state index is 12.3. The van der Waals surface area contributed by atoms with E-state index in [0.29, 0.717) is 18.8 Å². The molecule has 0 atom stereocenters. The fourth-order valence-corrected chi connectivity index (χ4v) is 2.15. The van der Waals surface area contributed by atoms with Crippen molar-refractivity contribution in [1.29, 1.82) is 5.26 Å². The van der Waals surface area contributed by atoms with Gasteiger partial charge in [0.05, 0.1) is 17.9 Å². The Morgan fingerprint density at radius 1 is 1.15 bits per heavy atom. The lowest BCUT2D eigenvalue weighted by Gasteiger charge is -2.10. The minimum absolute atomic E-state index is 0.0457. The van der Waals surface area contributed by atoms with Crippen molar-refractivity contribution in [3.63, 3.8) is 0 Å². The molecule has 6 nitrogen and oxygen atoms in total. The molecule has 0 unspecified atom stereocenters. The predicted octanol–water partition coefficient (Wildman–Crippen LogP) is 3.77. The van der Waals surface area contributed by atoms with Crippen LogP contribution < -0.4 is 10.6 Å². The Balaban J connectivity index is 2.74. The highest BCUT2D eigenvalue weighted by Crippen LogP contribution is 2.17. The summed E-state index contributed by atoms with van der Waals surface area (Å²) >= 11 is 0. The predicted molar refractivity (Wildman–Crippen MR) is 101 cm³/mol. The number of benzene rings is 1. The van der Waals surface area contributed by atoms with E-state index in [0.717, 1.165) is 32.1 Å². The third-order valence-corrected chi connectivity index (χ3v) is 3.66. The highest BCUT2D eigenvalue weighted by Gasteiger charge is 2.16. The molecule has 0 saturated carbocycles. The molecule has 0 radical (unpaired) electrons. The number of nitrogens with one attached hydrogen (secondary N) is 2. The van der Waals surface area contributed by atoms with Crippen molar-refractivity contribution in [2.75, 3.05) is 18.5 Å². The maximum atomic E-state index is 12.3. The molecule has 0 bridgehead atoms. The van der Waals surface area contributed by atoms with Gasteiger partial charge in [0.2, 0.25) is 0 Å². The molecule has 0 aliphatic heterocycles. The van der Waals surface area contributed by atoms with E-state index >= 15 is 0 Å². The summed E-state index contributed by atoms with van der Waals surface area (Å²) in [6, 6.07) is 8.47. The first-order valence-corrected chi connectivity index (χ1v) is 9.05. The van der Waals surface area contributed by atoms with Gasteiger partial charge in [-0.3, -0.25) is 4.79 Å². The van der Waals surface area contributed by atoms with E-state index in [4.69, 9.17) is 4.74 Å². The van der Waals surface area contributed by atoms with Gasteiger partial charge >= 0.3 is 5.97 Å². The molecular formula is C20H27N3O3. The number of carbonyl (C=O) groups excluding carboxylic acids is 2. The maximum Gasteiger partial charge on any atom is 0.340 e. The van der Waals surface area contributed by atoms with Gasteiger partial charge in [0.25, 0.3) is 5.91 Å². The van der Waals surface area contributed by atoms with Gasteiger partial charge in [0, 0.05) is 12.7 Å². The summed E-state index contributed by atoms with van der Waals surface area (Å²) in [5, 5.41) is 14.8. The lowest BCUT2D eigenvalue weighted by Crippen LogP contribution is -2.19. The smallest absolute Gasteiger partial charge is 0.340 e. The summed E-state index contributed by atoms with van der Waals surface area (Å²) in [5.41, 5.74) is 0.548. The number of carbonyl (C=O) groups is 2. The Labute approximate surface area is 155 Å². The zero-order valence-electron chi connectivity index (χ0n) is 15.5. The van der Waals surface area contributed by atoms with E-state index in [1.54, 1.807) is 24.3 Å². The molecule has 26 heavy (non-hydrogen) atoms. The molecule has 0 spiro atoms. The van der Waals surface area contributed by atoms with Crippen LogP contribution in [0.5, 0.6) is 0 Å². The molecule has 2 N–H and O–H groups in total. The molecule has 0 saturated heterocycles. The zero-order valence-corrected chi connectivity index (χ0v) is 15.5. The van der Waals surface area contributed by atoms with Crippen LogP contribution in [-0.4, -0.2) is 25.0 Å². The second kappa shape index (κ2) is 12.5. The second-order valence-corrected chi connectivity index (χ2v) is 5.82. The molecule has 0 heterocycles. The molecule has 6 heteroatoms. The highest BCUT2D eigenvalue weighted by molar-refractivity contribution is 6.09. The van der Waals surface area contributed by atoms with Crippen molar-refractivity contribution >= 4 is 17.6 Å². The minimum Gasteiger partial charge on any atom is -0.462 e. The van der Waals surface area contributed by atoms with Gasteiger partial charge < -0.3 is 15.4 Å². The monoisotopic (exact) mass is 357 g/mol. The van der Waals surface area contributed by atoms with E-state index < -0.39 is 11.9 Å². The summed E-state index contributed by atoms with van der Waals surface area (Å²) in [6.07, 6.45) is 6.27. The molecule has 1 aromatic carbocycles. The van der Waals surface area contributed by atoms with Gasteiger partial charge in [-0.15, -0.1) is 0 Å². The topological polar surface area (TPSA) is 91.2 Å². The standard InChI is InChI=1S/C20H27N3O3/c1-3-5-9-12-22-15-16(14-21)19(24)23-18-11-8-7-10-17(18)20(25)26-13-6-4-2/h7-8,10-11,15,22H,3-6,9,12-13H2,1-2H3,(H,23,24)/b16-15-. The Hall–Kier alpha value is -2.81. The van der Waals surface area contributed by atoms with Crippen LogP contribution in [0.1, 0.15) is 56.3 Å². The first-order valence-electron chi connectivity index (χ1n) is 9.05. The number of para-hydroxylation sites is 1. The van der Waals surface area contributed by atoms with E-state index in [9.17, 15) is 14.9 Å². The summed E-state index contributed by atoms with van der Waals surface area (Å²) in [6.45, 7) is 5.15. The summed E-state index contributed by atoms with van der Waals surface area (Å²) in [7, 11) is 0. The first kappa shape index (κ1) is 21.2. The summed E-state index contributed by atoms with van der Waals surface area (Å²) < 4.78 is 5.20. The third-order valence-electron chi connectivity index (χ3n) is 3.66. The molecule has 1 rings (SSSR count). The molecule has 140 valence electrons. The van der Waals surface area contributed by atoms with Crippen molar-refractivity contribution in [2.45, 2.75) is 46.0 Å². The number of nitrogens with zero attached hydrogens (tertiary/aromatic N) is 1. The zero-order chi connectivity index (χ0) is 19.2. The van der Waals surface area contributed by atoms with Crippen LogP contribution in [0.25, 0.3) is 0 Å². The van der Waals surface area contributed by atoms with Gasteiger partial charge in [-0.2, -0.15) is 5.26 Å². The number of nitriles is 1. The van der Waals surface area contributed by atoms with Crippen LogP contribution >= 0.6 is 0 Å². The molecule has 0 aliphatic carbocycles. The fraction of sp³-hybridized carbons (Fsp3) is 0.450. The molecule has 1 aromatic rings. The minimum atomic E-state index is -0.565. The number of unbranched alkanes of at least 4 members (excludes halogenated alkanes) is 3. The number of amides is 1. The molecular weight excluding hydrogens is 330 g/mol. The van der Waals surface area contributed by atoms with E-state index in [1.165, 1.54) is 6.20 Å². The van der Waals surface area contributed by atoms with Gasteiger partial charge in [-0.25, -0.2) is 4.79 Å². The number of ether oxygens (including phenoxy) is 1. The van der Waals surface area contributed by atoms with Crippen molar-refractivity contribution in [1.82, 2.24) is 5.32 Å². The number of hydrogen-bond acceptors (Lipinski definition) is 5. The number of anilines is 1. The lowest BCUT2D eigenvalue weighted by atomic mass is 10.1. The Bertz CT molecular complexity index is 663. The van der Waals surface area contributed by atoms with E-state index in [1.807, 2.05) is 13.0 Å². The summed E-state index contributed by atoms with van der Waals surface area (Å²) in [5.74, 6) is -1.06. The summed E-state index contributed by atoms with van der Waals surface area (Å²) in [4.78, 5) is 24.5. The van der Waals surface area contributed by atoms with Crippen molar-refractivity contribution in [3.8, 4) is 6.07 Å². The van der Waals surface area contributed by atoms with E-state index in [2.05, 4.69) is 17.6 Å². The van der Waals surface area contributed by atoms with Gasteiger partial charge in [-0.1, -0.05) is 45.2 Å². The van der Waals surface area contributed by atoms with Gasteiger partial charge in [0.1, 0.15) is 11.6 Å². The van der Waals surface area contributed by atoms with Crippen molar-refractivity contribution < 1.29 is 14.3 Å². The lowest BCUT2D eigenvalue weighted by molar-refractivity contribution is -0.112. The van der Waals surface area contributed by atoms with E-state index in [-0.39, 0.29) is 11.1 Å². The highest BCUT2D eigenvalue weighted by atomic mass is 16.5. The number of hydrogen-bond donors (Lipinski definition) is 2. The normalized spacial score (nSPS) is 10.7. The SMILES string of the molecule is CCCCCN/C=C(/C#N)C(=O)Nc1ccccc1C(=O)OCCCC. The van der Waals surface area contributed by atoms with Crippen molar-refractivity contribution in [3.05, 3.63) is 41.6 Å². The first-order chi connectivity index (χ1) is 12.6. The van der Waals surface area contributed by atoms with Crippen LogP contribution in [0.3, 0.4) is 0 Å². The van der Waals surface area contributed by atoms with Gasteiger partial charge in [0.15, 0.2) is 0 Å². The average Bonchev–Trinajstić information content (AvgIpc) is 2.65.